The van der Waals surface area contributed by atoms with Crippen LogP contribution in [0.4, 0.5) is 0 Å². The summed E-state index contributed by atoms with van der Waals surface area (Å²) in [6.07, 6.45) is 4.99. The van der Waals surface area contributed by atoms with Crippen molar-refractivity contribution in [3.63, 3.8) is 0 Å². The zero-order valence-electron chi connectivity index (χ0n) is 8.87. The molecular formula is C10H20N4. The maximum atomic E-state index is 4.12. The van der Waals surface area contributed by atoms with E-state index in [4.69, 9.17) is 0 Å². The van der Waals surface area contributed by atoms with E-state index < -0.39 is 0 Å². The molecule has 1 heterocycles. The topological polar surface area (TPSA) is 41.9 Å². The minimum Gasteiger partial charge on any atom is -0.315 e. The molecule has 0 unspecified atom stereocenters. The lowest BCUT2D eigenvalue weighted by Crippen LogP contribution is -2.29. The number of hydrogen-bond acceptors (Lipinski definition) is 3. The second-order valence-electron chi connectivity index (χ2n) is 3.27. The van der Waals surface area contributed by atoms with Gasteiger partial charge in [0.15, 0.2) is 0 Å². The lowest BCUT2D eigenvalue weighted by Gasteiger charge is -2.05. The molecule has 0 spiro atoms. The van der Waals surface area contributed by atoms with Crippen molar-refractivity contribution in [2.45, 2.75) is 19.9 Å². The van der Waals surface area contributed by atoms with E-state index in [1.54, 1.807) is 0 Å². The predicted molar refractivity (Wildman–Crippen MR) is 58.3 cm³/mol. The van der Waals surface area contributed by atoms with Gasteiger partial charge in [0.05, 0.1) is 6.54 Å². The second-order valence-corrected chi connectivity index (χ2v) is 3.27. The minimum absolute atomic E-state index is 0.945. The first kappa shape index (κ1) is 11.2. The van der Waals surface area contributed by atoms with Gasteiger partial charge in [0.25, 0.3) is 0 Å². The van der Waals surface area contributed by atoms with Gasteiger partial charge in [0.2, 0.25) is 0 Å². The molecule has 0 fully saturated rings. The van der Waals surface area contributed by atoms with Crippen LogP contribution in [0.1, 0.15) is 13.3 Å². The van der Waals surface area contributed by atoms with Crippen molar-refractivity contribution in [2.24, 2.45) is 0 Å². The van der Waals surface area contributed by atoms with E-state index in [2.05, 4.69) is 22.7 Å². The Bertz CT molecular complexity index is 208. The zero-order chi connectivity index (χ0) is 10.1. The molecule has 1 aromatic heterocycles. The van der Waals surface area contributed by atoms with Gasteiger partial charge in [-0.25, -0.2) is 0 Å². The van der Waals surface area contributed by atoms with Crippen LogP contribution in [-0.4, -0.2) is 36.0 Å². The molecule has 0 saturated heterocycles. The summed E-state index contributed by atoms with van der Waals surface area (Å²) in [6.45, 7) is 7.30. The fourth-order valence-corrected chi connectivity index (χ4v) is 1.23. The molecule has 0 aliphatic heterocycles. The number of aromatic nitrogens is 2. The molecule has 1 aromatic rings. The van der Waals surface area contributed by atoms with Gasteiger partial charge in [0, 0.05) is 32.0 Å². The molecule has 4 nitrogen and oxygen atoms in total. The third-order valence-corrected chi connectivity index (χ3v) is 1.98. The molecule has 0 aliphatic rings. The molecule has 1 rings (SSSR count). The highest BCUT2D eigenvalue weighted by molar-refractivity contribution is 4.77. The minimum atomic E-state index is 0.945. The van der Waals surface area contributed by atoms with Crippen molar-refractivity contribution in [2.75, 3.05) is 26.2 Å². The number of nitrogens with one attached hydrogen (secondary N) is 2. The van der Waals surface area contributed by atoms with Crippen LogP contribution in [0.15, 0.2) is 18.5 Å². The Balaban J connectivity index is 1.85. The van der Waals surface area contributed by atoms with E-state index in [1.807, 2.05) is 23.1 Å². The summed E-state index contributed by atoms with van der Waals surface area (Å²) >= 11 is 0. The van der Waals surface area contributed by atoms with Gasteiger partial charge in [-0.2, -0.15) is 5.10 Å². The Morgan fingerprint density at radius 2 is 1.93 bits per heavy atom. The average molecular weight is 196 g/mol. The van der Waals surface area contributed by atoms with Gasteiger partial charge in [0.1, 0.15) is 0 Å². The molecule has 0 atom stereocenters. The highest BCUT2D eigenvalue weighted by atomic mass is 15.3. The second kappa shape index (κ2) is 7.53. The summed E-state index contributed by atoms with van der Waals surface area (Å²) in [5, 5.41) is 10.8. The maximum absolute atomic E-state index is 4.12. The zero-order valence-corrected chi connectivity index (χ0v) is 8.87. The van der Waals surface area contributed by atoms with E-state index in [0.29, 0.717) is 0 Å². The van der Waals surface area contributed by atoms with E-state index >= 15 is 0 Å². The van der Waals surface area contributed by atoms with Crippen molar-refractivity contribution in [1.29, 1.82) is 0 Å². The van der Waals surface area contributed by atoms with Gasteiger partial charge in [-0.05, 0) is 19.0 Å². The van der Waals surface area contributed by atoms with Gasteiger partial charge in [-0.15, -0.1) is 0 Å². The van der Waals surface area contributed by atoms with Crippen molar-refractivity contribution in [1.82, 2.24) is 20.4 Å². The molecule has 0 aromatic carbocycles. The molecule has 80 valence electrons. The van der Waals surface area contributed by atoms with E-state index in [-0.39, 0.29) is 0 Å². The van der Waals surface area contributed by atoms with Crippen LogP contribution in [-0.2, 0) is 6.54 Å². The van der Waals surface area contributed by atoms with Crippen molar-refractivity contribution in [3.8, 4) is 0 Å². The Kier molecular flexibility index (Phi) is 6.02. The van der Waals surface area contributed by atoms with Crippen LogP contribution in [0.25, 0.3) is 0 Å². The van der Waals surface area contributed by atoms with E-state index in [0.717, 1.165) is 32.7 Å². The lowest BCUT2D eigenvalue weighted by molar-refractivity contribution is 0.540. The van der Waals surface area contributed by atoms with Gasteiger partial charge in [-0.1, -0.05) is 6.92 Å². The highest BCUT2D eigenvalue weighted by Crippen LogP contribution is 1.81. The van der Waals surface area contributed by atoms with E-state index in [1.165, 1.54) is 6.42 Å². The molecule has 4 heteroatoms. The average Bonchev–Trinajstić information content (AvgIpc) is 2.69. The number of rotatable bonds is 8. The number of hydrogen-bond donors (Lipinski definition) is 2. The van der Waals surface area contributed by atoms with Crippen LogP contribution in [0.2, 0.25) is 0 Å². The number of nitrogens with zero attached hydrogens (tertiary/aromatic N) is 2. The van der Waals surface area contributed by atoms with Gasteiger partial charge < -0.3 is 10.6 Å². The molecule has 0 saturated carbocycles. The molecular weight excluding hydrogens is 176 g/mol. The highest BCUT2D eigenvalue weighted by Gasteiger charge is 1.89. The molecule has 0 aliphatic carbocycles. The van der Waals surface area contributed by atoms with Crippen LogP contribution < -0.4 is 10.6 Å². The Hall–Kier alpha value is -0.870. The molecule has 2 N–H and O–H groups in total. The standard InChI is InChI=1S/C10H20N4/c1-2-4-11-6-7-12-8-10-14-9-3-5-13-14/h3,5,9,11-12H,2,4,6-8,10H2,1H3. The van der Waals surface area contributed by atoms with Crippen molar-refractivity contribution in [3.05, 3.63) is 18.5 Å². The first-order valence-electron chi connectivity index (χ1n) is 5.32. The third-order valence-electron chi connectivity index (χ3n) is 1.98. The summed E-state index contributed by atoms with van der Waals surface area (Å²) < 4.78 is 1.94. The Labute approximate surface area is 85.7 Å². The van der Waals surface area contributed by atoms with Gasteiger partial charge in [-0.3, -0.25) is 4.68 Å². The fourth-order valence-electron chi connectivity index (χ4n) is 1.23. The normalized spacial score (nSPS) is 10.6. The van der Waals surface area contributed by atoms with Crippen molar-refractivity contribution < 1.29 is 0 Å². The summed E-state index contributed by atoms with van der Waals surface area (Å²) in [6, 6.07) is 1.95. The lowest BCUT2D eigenvalue weighted by atomic mass is 10.4. The van der Waals surface area contributed by atoms with Gasteiger partial charge >= 0.3 is 0 Å². The molecule has 0 bridgehead atoms. The summed E-state index contributed by atoms with van der Waals surface area (Å²) in [4.78, 5) is 0. The smallest absolute Gasteiger partial charge is 0.0533 e. The summed E-state index contributed by atoms with van der Waals surface area (Å²) in [5.41, 5.74) is 0. The predicted octanol–water partition coefficient (Wildman–Crippen LogP) is 0.472. The Morgan fingerprint density at radius 3 is 2.57 bits per heavy atom. The SMILES string of the molecule is CCCNCCNCCn1cccn1. The third kappa shape index (κ3) is 4.99. The van der Waals surface area contributed by atoms with Crippen LogP contribution >= 0.6 is 0 Å². The van der Waals surface area contributed by atoms with Crippen LogP contribution in [0.3, 0.4) is 0 Å². The fraction of sp³-hybridized carbons (Fsp3) is 0.700. The first-order valence-corrected chi connectivity index (χ1v) is 5.32. The summed E-state index contributed by atoms with van der Waals surface area (Å²) in [5.74, 6) is 0. The molecule has 0 amide bonds. The first-order chi connectivity index (χ1) is 6.93. The van der Waals surface area contributed by atoms with Crippen molar-refractivity contribution >= 4 is 0 Å². The summed E-state index contributed by atoms with van der Waals surface area (Å²) in [7, 11) is 0. The van der Waals surface area contributed by atoms with Crippen LogP contribution in [0.5, 0.6) is 0 Å². The Morgan fingerprint density at radius 1 is 1.14 bits per heavy atom. The largest absolute Gasteiger partial charge is 0.315 e. The maximum Gasteiger partial charge on any atom is 0.0533 e. The molecule has 0 radical (unpaired) electrons. The molecule has 14 heavy (non-hydrogen) atoms. The quantitative estimate of drug-likeness (QED) is 0.594. The monoisotopic (exact) mass is 196 g/mol. The van der Waals surface area contributed by atoms with Crippen LogP contribution in [0, 0.1) is 0 Å². The van der Waals surface area contributed by atoms with E-state index in [9.17, 15) is 0 Å².